The minimum atomic E-state index is -1.49. The molecule has 1 radical (unpaired) electrons. The molecule has 5 aromatic heterocycles. The summed E-state index contributed by atoms with van der Waals surface area (Å²) >= 11 is 0. The number of hydrogen-bond donors (Lipinski definition) is 0. The zero-order valence-electron chi connectivity index (χ0n) is 36.0. The second-order valence-corrected chi connectivity index (χ2v) is 23.4. The van der Waals surface area contributed by atoms with Crippen molar-refractivity contribution in [3.05, 3.63) is 155 Å². The quantitative estimate of drug-likeness (QED) is 0.123. The van der Waals surface area contributed by atoms with Gasteiger partial charge in [0.2, 0.25) is 0 Å². The van der Waals surface area contributed by atoms with Crippen LogP contribution >= 0.6 is 0 Å². The molecule has 4 aromatic carbocycles. The Morgan fingerprint density at radius 1 is 0.667 bits per heavy atom. The van der Waals surface area contributed by atoms with E-state index in [0.717, 1.165) is 72.9 Å². The Morgan fingerprint density at radius 3 is 2.07 bits per heavy atom. The first kappa shape index (κ1) is 42.8. The molecule has 0 spiro atoms. The maximum absolute atomic E-state index is 14.4. The van der Waals surface area contributed by atoms with Crippen LogP contribution in [-0.4, -0.2) is 23.0 Å². The van der Waals surface area contributed by atoms with Crippen molar-refractivity contribution < 1.29 is 33.3 Å². The molecular formula is C52H50FIrN3O2Si-2. The van der Waals surface area contributed by atoms with E-state index in [4.69, 9.17) is 18.8 Å². The van der Waals surface area contributed by atoms with E-state index < -0.39 is 8.07 Å². The van der Waals surface area contributed by atoms with Crippen molar-refractivity contribution in [1.82, 2.24) is 15.0 Å². The van der Waals surface area contributed by atoms with Crippen LogP contribution in [0.15, 0.2) is 118 Å². The molecule has 0 unspecified atom stereocenters. The van der Waals surface area contributed by atoms with Gasteiger partial charge in [-0.3, -0.25) is 9.37 Å². The maximum Gasteiger partial charge on any atom is 0.151 e. The predicted octanol–water partition coefficient (Wildman–Crippen LogP) is 13.5. The minimum Gasteiger partial charge on any atom is -0.499 e. The van der Waals surface area contributed by atoms with Crippen molar-refractivity contribution in [2.24, 2.45) is 5.41 Å². The van der Waals surface area contributed by atoms with Crippen molar-refractivity contribution in [3.8, 4) is 22.5 Å². The van der Waals surface area contributed by atoms with Gasteiger partial charge in [0, 0.05) is 59.4 Å². The van der Waals surface area contributed by atoms with E-state index in [2.05, 4.69) is 126 Å². The smallest absolute Gasteiger partial charge is 0.151 e. The zero-order valence-corrected chi connectivity index (χ0v) is 39.4. The average molecular weight is 988 g/mol. The van der Waals surface area contributed by atoms with Crippen LogP contribution < -0.4 is 5.19 Å². The fraction of sp³-hybridized carbons (Fsp3) is 0.250. The van der Waals surface area contributed by atoms with Gasteiger partial charge in [-0.1, -0.05) is 149 Å². The summed E-state index contributed by atoms with van der Waals surface area (Å²) in [7, 11) is -1.49. The summed E-state index contributed by atoms with van der Waals surface area (Å²) in [5, 5.41) is 5.55. The van der Waals surface area contributed by atoms with Crippen LogP contribution in [0.1, 0.15) is 62.7 Å². The van der Waals surface area contributed by atoms with Crippen molar-refractivity contribution in [2.45, 2.75) is 79.9 Å². The predicted molar refractivity (Wildman–Crippen MR) is 244 cm³/mol. The summed E-state index contributed by atoms with van der Waals surface area (Å²) in [6.07, 6.45) is 4.73. The molecule has 0 aliphatic carbocycles. The summed E-state index contributed by atoms with van der Waals surface area (Å²) in [6, 6.07) is 38.7. The van der Waals surface area contributed by atoms with Crippen molar-refractivity contribution in [3.63, 3.8) is 0 Å². The van der Waals surface area contributed by atoms with Gasteiger partial charge in [0.1, 0.15) is 11.2 Å². The fourth-order valence-electron chi connectivity index (χ4n) is 8.04. The standard InChI is InChI=1S/C32H23N2O2.C20H27FNSi.Ir/c1-19-16-25-22-13-9-14-23(26-17-24-21-12-7-8-15-27(21)35-28(24)18-33-26)29(22)36-30(25)31(34-19)32(2,3)20-10-5-4-6-11-20;1-14-9-8-10-16(19(14)21)17-11-15(12-20(2,3)4)18(13-22-17)23(5,6)7;/h4-13,15-18H,1-3H3;8-9,11,13H,12H2,1-7H3;/q2*-1;. The number of fused-ring (bicyclic) bond motifs is 6. The molecule has 0 saturated heterocycles. The fourth-order valence-corrected chi connectivity index (χ4v) is 9.62. The molecule has 0 N–H and O–H groups in total. The van der Waals surface area contributed by atoms with Gasteiger partial charge in [-0.15, -0.1) is 36.4 Å². The van der Waals surface area contributed by atoms with Crippen LogP contribution in [0.5, 0.6) is 0 Å². The monoisotopic (exact) mass is 988 g/mol. The van der Waals surface area contributed by atoms with Gasteiger partial charge in [0.25, 0.3) is 0 Å². The molecule has 5 heterocycles. The van der Waals surface area contributed by atoms with Crippen molar-refractivity contribution in [1.29, 1.82) is 0 Å². The van der Waals surface area contributed by atoms with Gasteiger partial charge in [0.05, 0.1) is 25.5 Å². The number of halogens is 1. The molecule has 0 amide bonds. The van der Waals surface area contributed by atoms with Crippen LogP contribution in [0.3, 0.4) is 0 Å². The van der Waals surface area contributed by atoms with Crippen LogP contribution in [0.2, 0.25) is 19.6 Å². The number of nitrogens with zero attached hydrogens (tertiary/aromatic N) is 3. The largest absolute Gasteiger partial charge is 0.499 e. The van der Waals surface area contributed by atoms with E-state index in [1.54, 1.807) is 25.3 Å². The van der Waals surface area contributed by atoms with Crippen LogP contribution in [-0.2, 0) is 31.9 Å². The van der Waals surface area contributed by atoms with Gasteiger partial charge >= 0.3 is 0 Å². The van der Waals surface area contributed by atoms with Gasteiger partial charge < -0.3 is 18.8 Å². The van der Waals surface area contributed by atoms with Gasteiger partial charge in [-0.25, -0.2) is 0 Å². The molecular weight excluding hydrogens is 938 g/mol. The van der Waals surface area contributed by atoms with Gasteiger partial charge in [-0.05, 0) is 53.0 Å². The average Bonchev–Trinajstić information content (AvgIpc) is 3.76. The van der Waals surface area contributed by atoms with E-state index in [9.17, 15) is 4.39 Å². The van der Waals surface area contributed by atoms with E-state index in [1.807, 2.05) is 43.5 Å². The van der Waals surface area contributed by atoms with Gasteiger partial charge in [0.15, 0.2) is 5.58 Å². The SMILES string of the molecule is Cc1cc2c(oc3c(-c4cc5c(cn4)oc4ccccc45)[c-]ccc32)c(C(C)(C)c2ccccc2)n1.Cc1cc[c-]c(-c2cc(CC(C)(C)C)c([Si](C)(C)C)cn2)c1F.[Ir]. The third kappa shape index (κ3) is 8.26. The molecule has 9 aromatic rings. The molecule has 8 heteroatoms. The third-order valence-corrected chi connectivity index (χ3v) is 13.1. The Hall–Kier alpha value is -5.27. The summed E-state index contributed by atoms with van der Waals surface area (Å²) in [6.45, 7) is 21.9. The number of benzene rings is 4. The number of aryl methyl sites for hydroxylation is 2. The van der Waals surface area contributed by atoms with Crippen molar-refractivity contribution in [2.75, 3.05) is 0 Å². The third-order valence-electron chi connectivity index (χ3n) is 11.1. The number of pyridine rings is 3. The topological polar surface area (TPSA) is 65.0 Å². The van der Waals surface area contributed by atoms with Gasteiger partial charge in [-0.2, -0.15) is 0 Å². The molecule has 5 nitrogen and oxygen atoms in total. The number of furan rings is 2. The molecule has 0 aliphatic heterocycles. The molecule has 0 bridgehead atoms. The molecule has 0 aliphatic rings. The Balaban J connectivity index is 0.000000198. The molecule has 0 atom stereocenters. The zero-order chi connectivity index (χ0) is 41.9. The Labute approximate surface area is 366 Å². The van der Waals surface area contributed by atoms with E-state index >= 15 is 0 Å². The molecule has 0 saturated carbocycles. The second kappa shape index (κ2) is 16.3. The van der Waals surface area contributed by atoms with Crippen molar-refractivity contribution >= 4 is 57.1 Å². The number of rotatable bonds is 6. The Bertz CT molecular complexity index is 3010. The van der Waals surface area contributed by atoms with E-state index in [-0.39, 0.29) is 36.8 Å². The summed E-state index contributed by atoms with van der Waals surface area (Å²) in [4.78, 5) is 14.3. The minimum absolute atomic E-state index is 0. The van der Waals surface area contributed by atoms with E-state index in [1.165, 1.54) is 16.3 Å². The Kier molecular flexibility index (Phi) is 11.6. The number of hydrogen-bond acceptors (Lipinski definition) is 5. The van der Waals surface area contributed by atoms with Crippen LogP contribution in [0.25, 0.3) is 66.4 Å². The molecule has 307 valence electrons. The Morgan fingerprint density at radius 2 is 1.33 bits per heavy atom. The first-order valence-electron chi connectivity index (χ1n) is 20.2. The van der Waals surface area contributed by atoms with E-state index in [0.29, 0.717) is 16.8 Å². The first-order chi connectivity index (χ1) is 28.0. The molecule has 9 rings (SSSR count). The number of para-hydroxylation sites is 1. The van der Waals surface area contributed by atoms with Crippen LogP contribution in [0.4, 0.5) is 4.39 Å². The molecule has 0 fully saturated rings. The second-order valence-electron chi connectivity index (χ2n) is 18.4. The maximum atomic E-state index is 14.4. The van der Waals surface area contributed by atoms with Crippen LogP contribution in [0, 0.1) is 37.2 Å². The normalized spacial score (nSPS) is 12.2. The first-order valence-corrected chi connectivity index (χ1v) is 23.7. The summed E-state index contributed by atoms with van der Waals surface area (Å²) < 4.78 is 27.1. The summed E-state index contributed by atoms with van der Waals surface area (Å²) in [5.41, 5.74) is 10.8. The molecule has 60 heavy (non-hydrogen) atoms. The summed E-state index contributed by atoms with van der Waals surface area (Å²) in [5.74, 6) is -0.220. The number of aromatic nitrogens is 3.